The first-order chi connectivity index (χ1) is 9.35. The molecule has 0 fully saturated rings. The Kier molecular flexibility index (Phi) is 5.82. The highest BCUT2D eigenvalue weighted by molar-refractivity contribution is 5.78. The number of aliphatic hydroxyl groups is 1. The number of aliphatic hydroxyl groups excluding tert-OH is 1. The minimum absolute atomic E-state index is 0.0696. The number of halogens is 3. The molecule has 1 rings (SSSR count). The number of hydrogen-bond donors (Lipinski definition) is 1. The average molecular weight is 291 g/mol. The Morgan fingerprint density at radius 1 is 1.30 bits per heavy atom. The summed E-state index contributed by atoms with van der Waals surface area (Å²) in [4.78, 5) is 13.3. The van der Waals surface area contributed by atoms with Crippen molar-refractivity contribution in [3.8, 4) is 5.75 Å². The van der Waals surface area contributed by atoms with Crippen molar-refractivity contribution in [3.63, 3.8) is 0 Å². The Hall–Kier alpha value is -1.76. The summed E-state index contributed by atoms with van der Waals surface area (Å²) in [6, 6.07) is 5.15. The SMILES string of the molecule is CCN(CCO)C(=O)Cc1ccc(OC(F)(F)F)cc1. The molecule has 0 radical (unpaired) electrons. The first-order valence-corrected chi connectivity index (χ1v) is 6.09. The van der Waals surface area contributed by atoms with E-state index in [1.165, 1.54) is 29.2 Å². The largest absolute Gasteiger partial charge is 0.573 e. The molecular weight excluding hydrogens is 275 g/mol. The van der Waals surface area contributed by atoms with E-state index >= 15 is 0 Å². The number of hydrogen-bond acceptors (Lipinski definition) is 3. The molecule has 0 saturated carbocycles. The van der Waals surface area contributed by atoms with E-state index in [1.54, 1.807) is 6.92 Å². The summed E-state index contributed by atoms with van der Waals surface area (Å²) in [6.07, 6.45) is -4.66. The molecule has 1 aromatic rings. The van der Waals surface area contributed by atoms with Crippen molar-refractivity contribution < 1.29 is 27.8 Å². The molecule has 0 saturated heterocycles. The van der Waals surface area contributed by atoms with Gasteiger partial charge < -0.3 is 14.7 Å². The van der Waals surface area contributed by atoms with Crippen LogP contribution in [0.4, 0.5) is 13.2 Å². The number of benzene rings is 1. The predicted molar refractivity (Wildman–Crippen MR) is 66.2 cm³/mol. The van der Waals surface area contributed by atoms with Crippen LogP contribution in [-0.4, -0.2) is 42.0 Å². The number of carbonyl (C=O) groups excluding carboxylic acids is 1. The quantitative estimate of drug-likeness (QED) is 0.871. The molecule has 0 bridgehead atoms. The molecule has 0 atom stereocenters. The number of nitrogens with zero attached hydrogens (tertiary/aromatic N) is 1. The number of likely N-dealkylation sites (N-methyl/N-ethyl adjacent to an activating group) is 1. The van der Waals surface area contributed by atoms with Gasteiger partial charge in [-0.05, 0) is 24.6 Å². The summed E-state index contributed by atoms with van der Waals surface area (Å²) in [5.74, 6) is -0.512. The summed E-state index contributed by atoms with van der Waals surface area (Å²) in [7, 11) is 0. The third kappa shape index (κ3) is 5.48. The topological polar surface area (TPSA) is 49.8 Å². The van der Waals surface area contributed by atoms with Gasteiger partial charge in [-0.1, -0.05) is 12.1 Å². The molecule has 1 aromatic carbocycles. The van der Waals surface area contributed by atoms with Crippen LogP contribution in [-0.2, 0) is 11.2 Å². The summed E-state index contributed by atoms with van der Waals surface area (Å²) in [5, 5.41) is 8.81. The second-order valence-electron chi connectivity index (χ2n) is 4.07. The van der Waals surface area contributed by atoms with Gasteiger partial charge in [0.15, 0.2) is 0 Å². The fourth-order valence-corrected chi connectivity index (χ4v) is 1.68. The Balaban J connectivity index is 2.63. The summed E-state index contributed by atoms with van der Waals surface area (Å²) in [6.45, 7) is 2.37. The third-order valence-electron chi connectivity index (χ3n) is 2.62. The minimum Gasteiger partial charge on any atom is -0.406 e. The Morgan fingerprint density at radius 2 is 1.90 bits per heavy atom. The van der Waals surface area contributed by atoms with Crippen molar-refractivity contribution in [1.82, 2.24) is 4.90 Å². The van der Waals surface area contributed by atoms with Crippen molar-refractivity contribution in [2.75, 3.05) is 19.7 Å². The van der Waals surface area contributed by atoms with Gasteiger partial charge in [0.1, 0.15) is 5.75 Å². The van der Waals surface area contributed by atoms with Crippen LogP contribution in [0, 0.1) is 0 Å². The zero-order valence-electron chi connectivity index (χ0n) is 11.0. The zero-order valence-corrected chi connectivity index (χ0v) is 11.0. The smallest absolute Gasteiger partial charge is 0.406 e. The van der Waals surface area contributed by atoms with Gasteiger partial charge in [-0.3, -0.25) is 4.79 Å². The molecule has 0 aliphatic rings. The van der Waals surface area contributed by atoms with Gasteiger partial charge in [0.25, 0.3) is 0 Å². The van der Waals surface area contributed by atoms with Crippen LogP contribution in [0.25, 0.3) is 0 Å². The van der Waals surface area contributed by atoms with Gasteiger partial charge in [0.2, 0.25) is 5.91 Å². The number of carbonyl (C=O) groups is 1. The van der Waals surface area contributed by atoms with E-state index in [1.807, 2.05) is 0 Å². The minimum atomic E-state index is -4.72. The normalized spacial score (nSPS) is 11.2. The third-order valence-corrected chi connectivity index (χ3v) is 2.62. The van der Waals surface area contributed by atoms with Crippen LogP contribution in [0.5, 0.6) is 5.75 Å². The van der Waals surface area contributed by atoms with Crippen LogP contribution in [0.15, 0.2) is 24.3 Å². The summed E-state index contributed by atoms with van der Waals surface area (Å²) < 4.78 is 39.7. The van der Waals surface area contributed by atoms with E-state index < -0.39 is 6.36 Å². The highest BCUT2D eigenvalue weighted by atomic mass is 19.4. The Bertz CT molecular complexity index is 431. The van der Waals surface area contributed by atoms with E-state index in [2.05, 4.69) is 4.74 Å². The highest BCUT2D eigenvalue weighted by Gasteiger charge is 2.30. The Labute approximate surface area is 114 Å². The first kappa shape index (κ1) is 16.3. The Morgan fingerprint density at radius 3 is 2.35 bits per heavy atom. The van der Waals surface area contributed by atoms with Crippen molar-refractivity contribution in [2.45, 2.75) is 19.7 Å². The van der Waals surface area contributed by atoms with E-state index in [0.717, 1.165) is 0 Å². The van der Waals surface area contributed by atoms with Gasteiger partial charge in [-0.15, -0.1) is 13.2 Å². The molecule has 0 unspecified atom stereocenters. The molecule has 4 nitrogen and oxygen atoms in total. The molecule has 0 aliphatic carbocycles. The van der Waals surface area contributed by atoms with Gasteiger partial charge in [-0.25, -0.2) is 0 Å². The number of ether oxygens (including phenoxy) is 1. The molecular formula is C13H16F3NO3. The first-order valence-electron chi connectivity index (χ1n) is 6.09. The lowest BCUT2D eigenvalue weighted by Gasteiger charge is -2.19. The summed E-state index contributed by atoms with van der Waals surface area (Å²) in [5.41, 5.74) is 0.584. The van der Waals surface area contributed by atoms with Gasteiger partial charge in [0.05, 0.1) is 13.0 Å². The molecule has 1 N–H and O–H groups in total. The number of alkyl halides is 3. The fraction of sp³-hybridized carbons (Fsp3) is 0.462. The lowest BCUT2D eigenvalue weighted by molar-refractivity contribution is -0.274. The summed E-state index contributed by atoms with van der Waals surface area (Å²) >= 11 is 0. The number of amides is 1. The van der Waals surface area contributed by atoms with Crippen molar-refractivity contribution >= 4 is 5.91 Å². The van der Waals surface area contributed by atoms with Crippen LogP contribution in [0.2, 0.25) is 0 Å². The van der Waals surface area contributed by atoms with E-state index in [4.69, 9.17) is 5.11 Å². The maximum absolute atomic E-state index is 12.0. The van der Waals surface area contributed by atoms with Gasteiger partial charge in [0, 0.05) is 13.1 Å². The molecule has 112 valence electrons. The second-order valence-corrected chi connectivity index (χ2v) is 4.07. The standard InChI is InChI=1S/C13H16F3NO3/c1-2-17(7-8-18)12(19)9-10-3-5-11(6-4-10)20-13(14,15)16/h3-6,18H,2,7-9H2,1H3. The molecule has 1 amide bonds. The lowest BCUT2D eigenvalue weighted by Crippen LogP contribution is -2.34. The maximum Gasteiger partial charge on any atom is 0.573 e. The average Bonchev–Trinajstić information content (AvgIpc) is 2.36. The molecule has 20 heavy (non-hydrogen) atoms. The highest BCUT2D eigenvalue weighted by Crippen LogP contribution is 2.22. The molecule has 0 aliphatic heterocycles. The zero-order chi connectivity index (χ0) is 15.2. The molecule has 0 spiro atoms. The predicted octanol–water partition coefficient (Wildman–Crippen LogP) is 1.97. The fourth-order valence-electron chi connectivity index (χ4n) is 1.68. The van der Waals surface area contributed by atoms with Crippen LogP contribution < -0.4 is 4.74 Å². The lowest BCUT2D eigenvalue weighted by atomic mass is 10.1. The molecule has 0 heterocycles. The van der Waals surface area contributed by atoms with Crippen LogP contribution in [0.3, 0.4) is 0 Å². The van der Waals surface area contributed by atoms with Crippen molar-refractivity contribution in [1.29, 1.82) is 0 Å². The second kappa shape index (κ2) is 7.14. The van der Waals surface area contributed by atoms with Crippen molar-refractivity contribution in [3.05, 3.63) is 29.8 Å². The van der Waals surface area contributed by atoms with E-state index in [9.17, 15) is 18.0 Å². The van der Waals surface area contributed by atoms with Gasteiger partial charge >= 0.3 is 6.36 Å². The number of rotatable bonds is 6. The van der Waals surface area contributed by atoms with Crippen molar-refractivity contribution in [2.24, 2.45) is 0 Å². The van der Waals surface area contributed by atoms with E-state index in [0.29, 0.717) is 12.1 Å². The molecule has 0 aromatic heterocycles. The van der Waals surface area contributed by atoms with E-state index in [-0.39, 0.29) is 31.2 Å². The van der Waals surface area contributed by atoms with Crippen LogP contribution in [0.1, 0.15) is 12.5 Å². The van der Waals surface area contributed by atoms with Crippen LogP contribution >= 0.6 is 0 Å². The molecule has 7 heteroatoms. The maximum atomic E-state index is 12.0. The van der Waals surface area contributed by atoms with Gasteiger partial charge in [-0.2, -0.15) is 0 Å². The monoisotopic (exact) mass is 291 g/mol.